The molecule has 0 bridgehead atoms. The van der Waals surface area contributed by atoms with Crippen LogP contribution in [0.15, 0.2) is 53.4 Å². The molecule has 1 aromatic carbocycles. The summed E-state index contributed by atoms with van der Waals surface area (Å²) in [6.07, 6.45) is 5.64. The van der Waals surface area contributed by atoms with Gasteiger partial charge in [-0.15, -0.1) is 0 Å². The SMILES string of the molecule is Cc1oncc1-c1ccc(-n2cccc2)c(N)c1. The Morgan fingerprint density at radius 1 is 1.22 bits per heavy atom. The number of aromatic nitrogens is 2. The van der Waals surface area contributed by atoms with E-state index in [2.05, 4.69) is 5.16 Å². The summed E-state index contributed by atoms with van der Waals surface area (Å²) in [7, 11) is 0. The van der Waals surface area contributed by atoms with E-state index in [0.717, 1.165) is 28.3 Å². The van der Waals surface area contributed by atoms with Crippen LogP contribution < -0.4 is 5.73 Å². The first kappa shape index (κ1) is 10.7. The molecule has 0 radical (unpaired) electrons. The van der Waals surface area contributed by atoms with Crippen molar-refractivity contribution >= 4 is 5.69 Å². The molecule has 2 N–H and O–H groups in total. The summed E-state index contributed by atoms with van der Waals surface area (Å²) in [5.41, 5.74) is 9.78. The monoisotopic (exact) mass is 239 g/mol. The summed E-state index contributed by atoms with van der Waals surface area (Å²) in [6.45, 7) is 1.89. The lowest BCUT2D eigenvalue weighted by molar-refractivity contribution is 0.398. The molecule has 3 aromatic rings. The summed E-state index contributed by atoms with van der Waals surface area (Å²) < 4.78 is 7.05. The predicted molar refractivity (Wildman–Crippen MR) is 70.4 cm³/mol. The molecule has 90 valence electrons. The molecule has 0 unspecified atom stereocenters. The first-order valence-electron chi connectivity index (χ1n) is 5.70. The van der Waals surface area contributed by atoms with Crippen LogP contribution in [0.2, 0.25) is 0 Å². The van der Waals surface area contributed by atoms with Gasteiger partial charge in [-0.05, 0) is 36.8 Å². The Bertz CT molecular complexity index is 668. The van der Waals surface area contributed by atoms with Crippen LogP contribution in [0.25, 0.3) is 16.8 Å². The number of rotatable bonds is 2. The van der Waals surface area contributed by atoms with Crippen molar-refractivity contribution in [3.05, 3.63) is 54.7 Å². The standard InChI is InChI=1S/C14H13N3O/c1-10-12(9-16-18-10)11-4-5-14(13(15)8-11)17-6-2-3-7-17/h2-9H,15H2,1H3. The highest BCUT2D eigenvalue weighted by Gasteiger charge is 2.08. The third-order valence-corrected chi connectivity index (χ3v) is 2.97. The molecule has 3 rings (SSSR count). The Morgan fingerprint density at radius 2 is 2.00 bits per heavy atom. The maximum atomic E-state index is 6.10. The summed E-state index contributed by atoms with van der Waals surface area (Å²) in [5.74, 6) is 0.795. The van der Waals surface area contributed by atoms with Gasteiger partial charge in [0.15, 0.2) is 0 Å². The predicted octanol–water partition coefficient (Wildman–Crippen LogP) is 3.02. The molecule has 0 amide bonds. The Hall–Kier alpha value is -2.49. The van der Waals surface area contributed by atoms with Crippen LogP contribution in [0.5, 0.6) is 0 Å². The highest BCUT2D eigenvalue weighted by Crippen LogP contribution is 2.28. The number of nitrogens with two attached hydrogens (primary N) is 1. The lowest BCUT2D eigenvalue weighted by Gasteiger charge is -2.08. The van der Waals surface area contributed by atoms with Gasteiger partial charge in [0.2, 0.25) is 0 Å². The Labute approximate surface area is 105 Å². The van der Waals surface area contributed by atoms with E-state index in [1.807, 2.05) is 54.2 Å². The molecule has 2 aromatic heterocycles. The zero-order valence-electron chi connectivity index (χ0n) is 10.00. The molecule has 0 aliphatic heterocycles. The molecule has 0 aliphatic carbocycles. The first-order chi connectivity index (χ1) is 8.75. The number of nitrogens with zero attached hydrogens (tertiary/aromatic N) is 2. The first-order valence-corrected chi connectivity index (χ1v) is 5.70. The fraction of sp³-hybridized carbons (Fsp3) is 0.0714. The average molecular weight is 239 g/mol. The van der Waals surface area contributed by atoms with Gasteiger partial charge in [-0.25, -0.2) is 0 Å². The summed E-state index contributed by atoms with van der Waals surface area (Å²) in [6, 6.07) is 9.90. The van der Waals surface area contributed by atoms with Crippen LogP contribution in [0.3, 0.4) is 0 Å². The van der Waals surface area contributed by atoms with Gasteiger partial charge in [0.05, 0.1) is 17.6 Å². The van der Waals surface area contributed by atoms with Crippen LogP contribution in [0.1, 0.15) is 5.76 Å². The zero-order chi connectivity index (χ0) is 12.5. The van der Waals surface area contributed by atoms with E-state index in [1.165, 1.54) is 0 Å². The van der Waals surface area contributed by atoms with Crippen LogP contribution in [0, 0.1) is 6.92 Å². The van der Waals surface area contributed by atoms with Crippen LogP contribution in [-0.4, -0.2) is 9.72 Å². The minimum absolute atomic E-state index is 0.726. The van der Waals surface area contributed by atoms with E-state index in [0.29, 0.717) is 0 Å². The van der Waals surface area contributed by atoms with Crippen molar-refractivity contribution in [1.82, 2.24) is 9.72 Å². The molecule has 0 spiro atoms. The van der Waals surface area contributed by atoms with Crippen molar-refractivity contribution < 1.29 is 4.52 Å². The topological polar surface area (TPSA) is 57.0 Å². The van der Waals surface area contributed by atoms with Crippen molar-refractivity contribution in [2.75, 3.05) is 5.73 Å². The molecule has 4 heteroatoms. The van der Waals surface area contributed by atoms with Gasteiger partial charge in [-0.2, -0.15) is 0 Å². The van der Waals surface area contributed by atoms with Crippen molar-refractivity contribution in [2.24, 2.45) is 0 Å². The second-order valence-electron chi connectivity index (χ2n) is 4.16. The molecule has 0 atom stereocenters. The van der Waals surface area contributed by atoms with Gasteiger partial charge in [0, 0.05) is 18.0 Å². The van der Waals surface area contributed by atoms with Crippen LogP contribution in [-0.2, 0) is 0 Å². The van der Waals surface area contributed by atoms with E-state index in [4.69, 9.17) is 10.3 Å². The molecular weight excluding hydrogens is 226 g/mol. The van der Waals surface area contributed by atoms with Crippen molar-refractivity contribution in [3.63, 3.8) is 0 Å². The number of hydrogen-bond donors (Lipinski definition) is 1. The maximum absolute atomic E-state index is 6.10. The zero-order valence-corrected chi connectivity index (χ0v) is 10.00. The fourth-order valence-corrected chi connectivity index (χ4v) is 2.03. The van der Waals surface area contributed by atoms with Gasteiger partial charge in [0.1, 0.15) is 5.76 Å². The van der Waals surface area contributed by atoms with Crippen molar-refractivity contribution in [2.45, 2.75) is 6.92 Å². The second kappa shape index (κ2) is 4.07. The molecule has 18 heavy (non-hydrogen) atoms. The molecule has 4 nitrogen and oxygen atoms in total. The molecule has 2 heterocycles. The number of aryl methyl sites for hydroxylation is 1. The normalized spacial score (nSPS) is 10.7. The van der Waals surface area contributed by atoms with E-state index in [1.54, 1.807) is 6.20 Å². The highest BCUT2D eigenvalue weighted by atomic mass is 16.5. The average Bonchev–Trinajstić information content (AvgIpc) is 2.99. The third-order valence-electron chi connectivity index (χ3n) is 2.97. The van der Waals surface area contributed by atoms with Gasteiger partial charge in [-0.1, -0.05) is 11.2 Å². The van der Waals surface area contributed by atoms with E-state index >= 15 is 0 Å². The van der Waals surface area contributed by atoms with Crippen molar-refractivity contribution in [1.29, 1.82) is 0 Å². The smallest absolute Gasteiger partial charge is 0.141 e. The number of nitrogen functional groups attached to an aromatic ring is 1. The third kappa shape index (κ3) is 1.68. The van der Waals surface area contributed by atoms with E-state index in [-0.39, 0.29) is 0 Å². The Morgan fingerprint density at radius 3 is 2.61 bits per heavy atom. The maximum Gasteiger partial charge on any atom is 0.141 e. The molecule has 0 fully saturated rings. The molecule has 0 aliphatic rings. The van der Waals surface area contributed by atoms with Gasteiger partial charge < -0.3 is 14.8 Å². The Kier molecular flexibility index (Phi) is 2.41. The second-order valence-corrected chi connectivity index (χ2v) is 4.16. The molecule has 0 saturated heterocycles. The van der Waals surface area contributed by atoms with Gasteiger partial charge >= 0.3 is 0 Å². The summed E-state index contributed by atoms with van der Waals surface area (Å²) >= 11 is 0. The van der Waals surface area contributed by atoms with Crippen LogP contribution >= 0.6 is 0 Å². The van der Waals surface area contributed by atoms with E-state index in [9.17, 15) is 0 Å². The van der Waals surface area contributed by atoms with Gasteiger partial charge in [-0.3, -0.25) is 0 Å². The summed E-state index contributed by atoms with van der Waals surface area (Å²) in [4.78, 5) is 0. The minimum Gasteiger partial charge on any atom is -0.397 e. The number of hydrogen-bond acceptors (Lipinski definition) is 3. The minimum atomic E-state index is 0.726. The quantitative estimate of drug-likeness (QED) is 0.699. The lowest BCUT2D eigenvalue weighted by Crippen LogP contribution is -1.97. The largest absolute Gasteiger partial charge is 0.397 e. The van der Waals surface area contributed by atoms with Crippen LogP contribution in [0.4, 0.5) is 5.69 Å². The molecular formula is C14H13N3O. The highest BCUT2D eigenvalue weighted by molar-refractivity contribution is 5.72. The number of anilines is 1. The molecule has 0 saturated carbocycles. The van der Waals surface area contributed by atoms with E-state index < -0.39 is 0 Å². The van der Waals surface area contributed by atoms with Crippen molar-refractivity contribution in [3.8, 4) is 16.8 Å². The lowest BCUT2D eigenvalue weighted by atomic mass is 10.1. The summed E-state index contributed by atoms with van der Waals surface area (Å²) in [5, 5.41) is 3.78. The van der Waals surface area contributed by atoms with Gasteiger partial charge in [0.25, 0.3) is 0 Å². The fourth-order valence-electron chi connectivity index (χ4n) is 2.03. The number of benzene rings is 1. The Balaban J connectivity index is 2.07.